The van der Waals surface area contributed by atoms with Gasteiger partial charge in [-0.15, -0.1) is 13.2 Å². The molecule has 24 heavy (non-hydrogen) atoms. The Bertz CT molecular complexity index is 587. The number of alkyl halides is 3. The topological polar surface area (TPSA) is 102 Å². The molecular weight excluding hydrogens is 329 g/mol. The van der Waals surface area contributed by atoms with Gasteiger partial charge in [0.25, 0.3) is 5.96 Å². The number of nitrogens with two attached hydrogens (primary N) is 2. The van der Waals surface area contributed by atoms with Crippen LogP contribution in [0, 0.1) is 0 Å². The summed E-state index contributed by atoms with van der Waals surface area (Å²) in [5, 5.41) is 6.07. The standard InChI is InChI=1S/C13H17F3N6O2/c14-13(15,16)24-20-11(17)19-12(18)22(10-4-2-1-3-5-10)21-6-8-23-9-7-21/h1-5H,6-9H2,(H4,17,18,19,20). The van der Waals surface area contributed by atoms with Gasteiger partial charge in [-0.05, 0) is 17.3 Å². The zero-order valence-corrected chi connectivity index (χ0v) is 12.6. The molecule has 2 rings (SSSR count). The van der Waals surface area contributed by atoms with Crippen LogP contribution in [0.15, 0.2) is 40.5 Å². The van der Waals surface area contributed by atoms with E-state index in [4.69, 9.17) is 16.2 Å². The number of benzene rings is 1. The van der Waals surface area contributed by atoms with Gasteiger partial charge < -0.3 is 16.2 Å². The van der Waals surface area contributed by atoms with Crippen molar-refractivity contribution in [1.82, 2.24) is 5.01 Å². The molecule has 11 heteroatoms. The van der Waals surface area contributed by atoms with Gasteiger partial charge in [0.15, 0.2) is 0 Å². The van der Waals surface area contributed by atoms with Gasteiger partial charge in [0.1, 0.15) is 0 Å². The summed E-state index contributed by atoms with van der Waals surface area (Å²) >= 11 is 0. The molecule has 0 atom stereocenters. The highest BCUT2D eigenvalue weighted by Gasteiger charge is 2.31. The fourth-order valence-corrected chi connectivity index (χ4v) is 2.05. The zero-order valence-electron chi connectivity index (χ0n) is 12.6. The van der Waals surface area contributed by atoms with Crippen LogP contribution in [0.25, 0.3) is 0 Å². The minimum atomic E-state index is -4.95. The number of aliphatic imine (C=N–C) groups is 1. The minimum absolute atomic E-state index is 0.143. The van der Waals surface area contributed by atoms with E-state index in [9.17, 15) is 13.2 Å². The van der Waals surface area contributed by atoms with Crippen molar-refractivity contribution in [1.29, 1.82) is 0 Å². The first-order chi connectivity index (χ1) is 11.4. The highest BCUT2D eigenvalue weighted by Crippen LogP contribution is 2.18. The van der Waals surface area contributed by atoms with Crippen molar-refractivity contribution in [3.63, 3.8) is 0 Å². The van der Waals surface area contributed by atoms with Crippen LogP contribution in [0.1, 0.15) is 0 Å². The number of hydrogen-bond acceptors (Lipinski definition) is 4. The van der Waals surface area contributed by atoms with Crippen molar-refractivity contribution < 1.29 is 22.7 Å². The maximum Gasteiger partial charge on any atom is 0.593 e. The second-order valence-corrected chi connectivity index (χ2v) is 4.67. The quantitative estimate of drug-likeness (QED) is 0.477. The number of anilines is 1. The lowest BCUT2D eigenvalue weighted by atomic mass is 10.3. The van der Waals surface area contributed by atoms with E-state index in [0.717, 1.165) is 0 Å². The molecule has 0 unspecified atom stereocenters. The number of para-hydroxylation sites is 1. The molecule has 132 valence electrons. The van der Waals surface area contributed by atoms with Crippen LogP contribution in [0.5, 0.6) is 0 Å². The Hall–Kier alpha value is -2.53. The summed E-state index contributed by atoms with van der Waals surface area (Å²) in [7, 11) is 0. The van der Waals surface area contributed by atoms with Crippen molar-refractivity contribution in [2.75, 3.05) is 31.3 Å². The Kier molecular flexibility index (Phi) is 5.82. The molecule has 0 amide bonds. The Balaban J connectivity index is 2.23. The van der Waals surface area contributed by atoms with E-state index in [-0.39, 0.29) is 5.96 Å². The third-order valence-corrected chi connectivity index (χ3v) is 2.96. The summed E-state index contributed by atoms with van der Waals surface area (Å²) in [6, 6.07) is 8.95. The van der Waals surface area contributed by atoms with E-state index in [2.05, 4.69) is 15.0 Å². The second kappa shape index (κ2) is 7.84. The van der Waals surface area contributed by atoms with Gasteiger partial charge in [-0.2, -0.15) is 4.99 Å². The van der Waals surface area contributed by atoms with Crippen molar-refractivity contribution in [3.8, 4) is 0 Å². The van der Waals surface area contributed by atoms with E-state index in [1.54, 1.807) is 29.3 Å². The highest BCUT2D eigenvalue weighted by molar-refractivity contribution is 6.01. The summed E-state index contributed by atoms with van der Waals surface area (Å²) in [6.07, 6.45) is -4.95. The fourth-order valence-electron chi connectivity index (χ4n) is 2.05. The lowest BCUT2D eigenvalue weighted by Crippen LogP contribution is -2.54. The maximum atomic E-state index is 12.0. The van der Waals surface area contributed by atoms with Gasteiger partial charge >= 0.3 is 6.36 Å². The van der Waals surface area contributed by atoms with Crippen molar-refractivity contribution in [2.45, 2.75) is 6.36 Å². The summed E-state index contributed by atoms with van der Waals surface area (Å²) < 4.78 is 41.2. The number of rotatable bonds is 3. The molecule has 1 saturated heterocycles. The molecule has 1 heterocycles. The predicted molar refractivity (Wildman–Crippen MR) is 81.7 cm³/mol. The Labute approximate surface area is 136 Å². The normalized spacial score (nSPS) is 17.6. The van der Waals surface area contributed by atoms with Gasteiger partial charge in [0.05, 0.1) is 18.9 Å². The highest BCUT2D eigenvalue weighted by atomic mass is 19.4. The maximum absolute atomic E-state index is 12.0. The van der Waals surface area contributed by atoms with Crippen LogP contribution in [0.3, 0.4) is 0 Å². The molecule has 0 saturated carbocycles. The Morgan fingerprint density at radius 1 is 1.17 bits per heavy atom. The molecule has 1 aliphatic rings. The van der Waals surface area contributed by atoms with Crippen LogP contribution in [0.2, 0.25) is 0 Å². The number of halogens is 3. The molecule has 1 aromatic carbocycles. The summed E-state index contributed by atoms with van der Waals surface area (Å²) in [4.78, 5) is 6.94. The smallest absolute Gasteiger partial charge is 0.379 e. The summed E-state index contributed by atoms with van der Waals surface area (Å²) in [5.74, 6) is -0.894. The van der Waals surface area contributed by atoms with Crippen LogP contribution in [0.4, 0.5) is 18.9 Å². The molecule has 0 aliphatic carbocycles. The number of nitrogens with zero attached hydrogens (tertiary/aromatic N) is 4. The first-order valence-electron chi connectivity index (χ1n) is 6.97. The average molecular weight is 346 g/mol. The lowest BCUT2D eigenvalue weighted by Gasteiger charge is -2.37. The summed E-state index contributed by atoms with van der Waals surface area (Å²) in [5.41, 5.74) is 11.9. The molecule has 0 radical (unpaired) electrons. The fraction of sp³-hybridized carbons (Fsp3) is 0.385. The predicted octanol–water partition coefficient (Wildman–Crippen LogP) is 0.821. The SMILES string of the molecule is NC(=NOC(F)(F)F)N=C(N)N(c1ccccc1)N1CCOCC1. The molecule has 1 fully saturated rings. The number of ether oxygens (including phenoxy) is 1. The molecule has 0 bridgehead atoms. The minimum Gasteiger partial charge on any atom is -0.379 e. The summed E-state index contributed by atoms with van der Waals surface area (Å²) in [6.45, 7) is 2.02. The number of guanidine groups is 2. The number of hydrazine groups is 1. The molecule has 0 aromatic heterocycles. The zero-order chi connectivity index (χ0) is 17.6. The lowest BCUT2D eigenvalue weighted by molar-refractivity contribution is -0.325. The third kappa shape index (κ3) is 5.28. The van der Waals surface area contributed by atoms with Crippen LogP contribution in [-0.4, -0.2) is 49.6 Å². The Morgan fingerprint density at radius 2 is 1.79 bits per heavy atom. The number of oxime groups is 1. The van der Waals surface area contributed by atoms with Gasteiger partial charge in [-0.1, -0.05) is 18.2 Å². The van der Waals surface area contributed by atoms with Crippen molar-refractivity contribution in [3.05, 3.63) is 30.3 Å². The van der Waals surface area contributed by atoms with E-state index < -0.39 is 12.3 Å². The first-order valence-corrected chi connectivity index (χ1v) is 6.97. The van der Waals surface area contributed by atoms with Gasteiger partial charge in [-0.25, -0.2) is 10.0 Å². The first kappa shape index (κ1) is 17.8. The van der Waals surface area contributed by atoms with Crippen LogP contribution < -0.4 is 16.5 Å². The molecule has 8 nitrogen and oxygen atoms in total. The van der Waals surface area contributed by atoms with Gasteiger partial charge in [0, 0.05) is 13.1 Å². The average Bonchev–Trinajstić information content (AvgIpc) is 2.54. The van der Waals surface area contributed by atoms with E-state index in [0.29, 0.717) is 32.0 Å². The Morgan fingerprint density at radius 3 is 2.38 bits per heavy atom. The van der Waals surface area contributed by atoms with E-state index in [1.165, 1.54) is 0 Å². The van der Waals surface area contributed by atoms with Crippen molar-refractivity contribution >= 4 is 17.6 Å². The largest absolute Gasteiger partial charge is 0.593 e. The van der Waals surface area contributed by atoms with Gasteiger partial charge in [0.2, 0.25) is 5.96 Å². The van der Waals surface area contributed by atoms with Gasteiger partial charge in [-0.3, -0.25) is 4.84 Å². The van der Waals surface area contributed by atoms with Crippen LogP contribution in [-0.2, 0) is 9.57 Å². The molecule has 1 aromatic rings. The molecule has 0 spiro atoms. The monoisotopic (exact) mass is 346 g/mol. The molecule has 4 N–H and O–H groups in total. The second-order valence-electron chi connectivity index (χ2n) is 4.67. The van der Waals surface area contributed by atoms with Crippen molar-refractivity contribution in [2.24, 2.45) is 21.6 Å². The van der Waals surface area contributed by atoms with Crippen LogP contribution >= 0.6 is 0 Å². The number of hydrogen-bond donors (Lipinski definition) is 2. The number of morpholine rings is 1. The van der Waals surface area contributed by atoms with E-state index >= 15 is 0 Å². The van der Waals surface area contributed by atoms with E-state index in [1.807, 2.05) is 11.1 Å². The third-order valence-electron chi connectivity index (χ3n) is 2.96. The molecule has 1 aliphatic heterocycles. The molecular formula is C13H17F3N6O2.